The summed E-state index contributed by atoms with van der Waals surface area (Å²) < 4.78 is 1.98. The summed E-state index contributed by atoms with van der Waals surface area (Å²) in [7, 11) is 0. The average Bonchev–Trinajstić information content (AvgIpc) is 2.75. The molecule has 2 rings (SSSR count). The average molecular weight is 306 g/mol. The van der Waals surface area contributed by atoms with Gasteiger partial charge in [0.15, 0.2) is 0 Å². The summed E-state index contributed by atoms with van der Waals surface area (Å²) in [6.45, 7) is 9.17. The van der Waals surface area contributed by atoms with Gasteiger partial charge >= 0.3 is 0 Å². The lowest BCUT2D eigenvalue weighted by molar-refractivity contribution is 0.584. The van der Waals surface area contributed by atoms with E-state index in [1.807, 2.05) is 4.68 Å². The summed E-state index contributed by atoms with van der Waals surface area (Å²) in [4.78, 5) is 0. The Morgan fingerprint density at radius 1 is 1.29 bits per heavy atom. The van der Waals surface area contributed by atoms with Crippen LogP contribution in [0.25, 0.3) is 0 Å². The van der Waals surface area contributed by atoms with Crippen molar-refractivity contribution in [2.75, 3.05) is 0 Å². The SMILES string of the molecule is CCc1nn(CC)c(CC(N)c2ccc(C)cc2C)c1Cl. The Bertz CT molecular complexity index is 631. The first-order valence-corrected chi connectivity index (χ1v) is 7.92. The van der Waals surface area contributed by atoms with Crippen molar-refractivity contribution in [1.82, 2.24) is 9.78 Å². The van der Waals surface area contributed by atoms with Crippen LogP contribution in [0.15, 0.2) is 18.2 Å². The van der Waals surface area contributed by atoms with E-state index in [1.54, 1.807) is 0 Å². The number of aryl methyl sites for hydroxylation is 4. The molecule has 0 amide bonds. The van der Waals surface area contributed by atoms with E-state index in [9.17, 15) is 0 Å². The molecule has 2 aromatic rings. The molecule has 0 saturated heterocycles. The van der Waals surface area contributed by atoms with Crippen molar-refractivity contribution in [3.63, 3.8) is 0 Å². The number of halogens is 1. The van der Waals surface area contributed by atoms with Gasteiger partial charge in [-0.3, -0.25) is 4.68 Å². The molecular formula is C17H24ClN3. The van der Waals surface area contributed by atoms with Crippen molar-refractivity contribution >= 4 is 11.6 Å². The molecular weight excluding hydrogens is 282 g/mol. The molecule has 1 heterocycles. The molecule has 1 unspecified atom stereocenters. The molecule has 4 heteroatoms. The summed E-state index contributed by atoms with van der Waals surface area (Å²) in [5.74, 6) is 0. The molecule has 0 aliphatic heterocycles. The van der Waals surface area contributed by atoms with Crippen LogP contribution in [0.4, 0.5) is 0 Å². The summed E-state index contributed by atoms with van der Waals surface area (Å²) in [5.41, 5.74) is 12.1. The van der Waals surface area contributed by atoms with Gasteiger partial charge in [-0.25, -0.2) is 0 Å². The van der Waals surface area contributed by atoms with E-state index in [2.05, 4.69) is 51.0 Å². The first-order chi connectivity index (χ1) is 9.97. The minimum atomic E-state index is -0.0604. The van der Waals surface area contributed by atoms with E-state index in [0.29, 0.717) is 6.42 Å². The highest BCUT2D eigenvalue weighted by molar-refractivity contribution is 6.31. The zero-order chi connectivity index (χ0) is 15.6. The van der Waals surface area contributed by atoms with Gasteiger partial charge in [0.2, 0.25) is 0 Å². The summed E-state index contributed by atoms with van der Waals surface area (Å²) >= 11 is 6.47. The number of rotatable bonds is 5. The third kappa shape index (κ3) is 3.30. The van der Waals surface area contributed by atoms with Crippen molar-refractivity contribution in [3.05, 3.63) is 51.3 Å². The molecule has 1 aromatic carbocycles. The predicted molar refractivity (Wildman–Crippen MR) is 88.8 cm³/mol. The maximum absolute atomic E-state index is 6.47. The van der Waals surface area contributed by atoms with Gasteiger partial charge in [0, 0.05) is 19.0 Å². The van der Waals surface area contributed by atoms with Gasteiger partial charge in [-0.15, -0.1) is 0 Å². The second-order valence-electron chi connectivity index (χ2n) is 5.55. The molecule has 2 N–H and O–H groups in total. The molecule has 0 radical (unpaired) electrons. The third-order valence-electron chi connectivity index (χ3n) is 3.93. The fraction of sp³-hybridized carbons (Fsp3) is 0.471. The van der Waals surface area contributed by atoms with E-state index >= 15 is 0 Å². The summed E-state index contributed by atoms with van der Waals surface area (Å²) in [6.07, 6.45) is 1.56. The molecule has 3 nitrogen and oxygen atoms in total. The lowest BCUT2D eigenvalue weighted by Gasteiger charge is -2.16. The Morgan fingerprint density at radius 2 is 2.00 bits per heavy atom. The molecule has 114 valence electrons. The topological polar surface area (TPSA) is 43.8 Å². The Hall–Kier alpha value is -1.32. The van der Waals surface area contributed by atoms with Crippen molar-refractivity contribution in [2.45, 2.75) is 53.1 Å². The largest absolute Gasteiger partial charge is 0.324 e. The molecule has 0 fully saturated rings. The number of aromatic nitrogens is 2. The van der Waals surface area contributed by atoms with E-state index in [1.165, 1.54) is 16.7 Å². The molecule has 1 aromatic heterocycles. The van der Waals surface area contributed by atoms with Crippen LogP contribution in [0, 0.1) is 13.8 Å². The van der Waals surface area contributed by atoms with Crippen LogP contribution in [-0.4, -0.2) is 9.78 Å². The van der Waals surface area contributed by atoms with Crippen molar-refractivity contribution in [2.24, 2.45) is 5.73 Å². The van der Waals surface area contributed by atoms with Gasteiger partial charge < -0.3 is 5.73 Å². The first kappa shape index (κ1) is 16.1. The smallest absolute Gasteiger partial charge is 0.0850 e. The molecule has 1 atom stereocenters. The monoisotopic (exact) mass is 305 g/mol. The van der Waals surface area contributed by atoms with Crippen LogP contribution in [0.5, 0.6) is 0 Å². The van der Waals surface area contributed by atoms with Gasteiger partial charge in [-0.1, -0.05) is 42.3 Å². The van der Waals surface area contributed by atoms with Crippen LogP contribution < -0.4 is 5.73 Å². The molecule has 0 bridgehead atoms. The molecule has 21 heavy (non-hydrogen) atoms. The number of nitrogens with zero attached hydrogens (tertiary/aromatic N) is 2. The highest BCUT2D eigenvalue weighted by atomic mass is 35.5. The molecule has 0 spiro atoms. The summed E-state index contributed by atoms with van der Waals surface area (Å²) in [6, 6.07) is 6.34. The standard InChI is InChI=1S/C17H24ClN3/c1-5-15-17(18)16(21(6-2)20-15)10-14(19)13-8-7-11(3)9-12(13)4/h7-9,14H,5-6,10,19H2,1-4H3. The van der Waals surface area contributed by atoms with Gasteiger partial charge in [0.25, 0.3) is 0 Å². The van der Waals surface area contributed by atoms with Crippen LogP contribution in [0.3, 0.4) is 0 Å². The fourth-order valence-corrected chi connectivity index (χ4v) is 3.12. The van der Waals surface area contributed by atoms with E-state index < -0.39 is 0 Å². The van der Waals surface area contributed by atoms with Crippen LogP contribution >= 0.6 is 11.6 Å². The van der Waals surface area contributed by atoms with Crippen molar-refractivity contribution in [3.8, 4) is 0 Å². The number of hydrogen-bond donors (Lipinski definition) is 1. The predicted octanol–water partition coefficient (Wildman–Crippen LogP) is 3.98. The maximum Gasteiger partial charge on any atom is 0.0850 e. The van der Waals surface area contributed by atoms with Crippen LogP contribution in [0.2, 0.25) is 5.02 Å². The lowest BCUT2D eigenvalue weighted by Crippen LogP contribution is -2.17. The fourth-order valence-electron chi connectivity index (χ4n) is 2.77. The second kappa shape index (κ2) is 6.63. The Kier molecular flexibility index (Phi) is 5.07. The normalized spacial score (nSPS) is 12.7. The van der Waals surface area contributed by atoms with Gasteiger partial charge in [0.1, 0.15) is 0 Å². The Morgan fingerprint density at radius 3 is 2.57 bits per heavy atom. The number of benzene rings is 1. The van der Waals surface area contributed by atoms with Gasteiger partial charge in [-0.05, 0) is 38.3 Å². The van der Waals surface area contributed by atoms with E-state index in [0.717, 1.165) is 29.4 Å². The number of hydrogen-bond acceptors (Lipinski definition) is 2. The number of nitrogens with two attached hydrogens (primary N) is 1. The third-order valence-corrected chi connectivity index (χ3v) is 4.37. The van der Waals surface area contributed by atoms with Crippen LogP contribution in [-0.2, 0) is 19.4 Å². The minimum Gasteiger partial charge on any atom is -0.324 e. The minimum absolute atomic E-state index is 0.0604. The highest BCUT2D eigenvalue weighted by Crippen LogP contribution is 2.27. The molecule has 0 aliphatic carbocycles. The highest BCUT2D eigenvalue weighted by Gasteiger charge is 2.18. The second-order valence-corrected chi connectivity index (χ2v) is 5.93. The summed E-state index contributed by atoms with van der Waals surface area (Å²) in [5, 5.41) is 5.34. The lowest BCUT2D eigenvalue weighted by atomic mass is 9.96. The van der Waals surface area contributed by atoms with Gasteiger partial charge in [0.05, 0.1) is 16.4 Å². The maximum atomic E-state index is 6.47. The Labute approximate surface area is 132 Å². The van der Waals surface area contributed by atoms with Crippen molar-refractivity contribution < 1.29 is 0 Å². The first-order valence-electron chi connectivity index (χ1n) is 7.54. The molecule has 0 aliphatic rings. The van der Waals surface area contributed by atoms with E-state index in [4.69, 9.17) is 17.3 Å². The van der Waals surface area contributed by atoms with Crippen molar-refractivity contribution in [1.29, 1.82) is 0 Å². The Balaban J connectivity index is 2.31. The molecule has 0 saturated carbocycles. The zero-order valence-electron chi connectivity index (χ0n) is 13.3. The van der Waals surface area contributed by atoms with Crippen LogP contribution in [0.1, 0.15) is 48.0 Å². The quantitative estimate of drug-likeness (QED) is 0.908. The van der Waals surface area contributed by atoms with E-state index in [-0.39, 0.29) is 6.04 Å². The zero-order valence-corrected chi connectivity index (χ0v) is 14.0. The van der Waals surface area contributed by atoms with Gasteiger partial charge in [-0.2, -0.15) is 5.10 Å².